The lowest BCUT2D eigenvalue weighted by Gasteiger charge is -2.43. The van der Waals surface area contributed by atoms with Crippen molar-refractivity contribution in [3.63, 3.8) is 0 Å². The molecular formula is C17H27NO2. The van der Waals surface area contributed by atoms with Crippen LogP contribution < -0.4 is 0 Å². The van der Waals surface area contributed by atoms with Crippen LogP contribution in [0.2, 0.25) is 0 Å². The molecule has 0 saturated heterocycles. The topological polar surface area (TPSA) is 32.7 Å². The van der Waals surface area contributed by atoms with Crippen LogP contribution in [0.15, 0.2) is 24.3 Å². The van der Waals surface area contributed by atoms with E-state index in [1.165, 1.54) is 5.56 Å². The molecule has 0 aromatic heterocycles. The summed E-state index contributed by atoms with van der Waals surface area (Å²) in [6, 6.07) is 8.88. The molecule has 20 heavy (non-hydrogen) atoms. The highest BCUT2D eigenvalue weighted by molar-refractivity contribution is 5.35. The fourth-order valence-electron chi connectivity index (χ4n) is 3.37. The maximum absolute atomic E-state index is 10.8. The summed E-state index contributed by atoms with van der Waals surface area (Å²) in [7, 11) is 1.73. The van der Waals surface area contributed by atoms with Crippen LogP contribution in [0.1, 0.15) is 50.3 Å². The van der Waals surface area contributed by atoms with Gasteiger partial charge in [0.1, 0.15) is 0 Å². The highest BCUT2D eigenvalue weighted by Crippen LogP contribution is 2.39. The van der Waals surface area contributed by atoms with Gasteiger partial charge in [-0.25, -0.2) is 0 Å². The number of rotatable bonds is 5. The first-order valence-corrected chi connectivity index (χ1v) is 7.57. The Kier molecular flexibility index (Phi) is 5.19. The van der Waals surface area contributed by atoms with Crippen LogP contribution in [0.25, 0.3) is 0 Å². The number of hydrogen-bond acceptors (Lipinski definition) is 3. The van der Waals surface area contributed by atoms with E-state index >= 15 is 0 Å². The lowest BCUT2D eigenvalue weighted by atomic mass is 9.78. The van der Waals surface area contributed by atoms with Crippen molar-refractivity contribution >= 4 is 0 Å². The van der Waals surface area contributed by atoms with Crippen molar-refractivity contribution in [3.05, 3.63) is 35.4 Å². The van der Waals surface area contributed by atoms with Crippen molar-refractivity contribution in [2.45, 2.75) is 51.3 Å². The Bertz CT molecular complexity index is 433. The molecule has 2 rings (SSSR count). The van der Waals surface area contributed by atoms with Crippen molar-refractivity contribution in [2.75, 3.05) is 20.3 Å². The highest BCUT2D eigenvalue weighted by atomic mass is 16.5. The minimum absolute atomic E-state index is 0.176. The molecule has 112 valence electrons. The number of aliphatic hydroxyl groups excluding tert-OH is 1. The first kappa shape index (κ1) is 15.5. The van der Waals surface area contributed by atoms with Crippen LogP contribution in [0.5, 0.6) is 0 Å². The van der Waals surface area contributed by atoms with Crippen LogP contribution in [-0.2, 0) is 4.74 Å². The number of nitrogens with zero attached hydrogens (tertiary/aromatic N) is 1. The van der Waals surface area contributed by atoms with E-state index in [9.17, 15) is 5.11 Å². The van der Waals surface area contributed by atoms with Gasteiger partial charge in [-0.15, -0.1) is 0 Å². The van der Waals surface area contributed by atoms with Gasteiger partial charge in [0.15, 0.2) is 0 Å². The van der Waals surface area contributed by atoms with Crippen LogP contribution in [-0.4, -0.2) is 42.4 Å². The summed E-state index contributed by atoms with van der Waals surface area (Å²) in [5, 5.41) is 10.8. The number of benzene rings is 1. The minimum Gasteiger partial charge on any atom is -0.387 e. The molecule has 3 heteroatoms. The zero-order valence-corrected chi connectivity index (χ0v) is 13.0. The number of hydrogen-bond donors (Lipinski definition) is 1. The second kappa shape index (κ2) is 6.70. The van der Waals surface area contributed by atoms with Crippen molar-refractivity contribution in [2.24, 2.45) is 0 Å². The van der Waals surface area contributed by atoms with Gasteiger partial charge in [0.2, 0.25) is 0 Å². The molecule has 1 N–H and O–H groups in total. The molecule has 1 aliphatic rings. The first-order chi connectivity index (χ1) is 9.56. The van der Waals surface area contributed by atoms with Crippen molar-refractivity contribution in [1.82, 2.24) is 4.90 Å². The average Bonchev–Trinajstić information content (AvgIpc) is 2.44. The third kappa shape index (κ3) is 3.05. The van der Waals surface area contributed by atoms with Gasteiger partial charge >= 0.3 is 0 Å². The monoisotopic (exact) mass is 277 g/mol. The molecule has 0 fully saturated rings. The summed E-state index contributed by atoms with van der Waals surface area (Å²) in [6.45, 7) is 8.20. The molecule has 3 nitrogen and oxygen atoms in total. The van der Waals surface area contributed by atoms with Crippen LogP contribution >= 0.6 is 0 Å². The van der Waals surface area contributed by atoms with Gasteiger partial charge in [-0.05, 0) is 37.3 Å². The molecule has 1 aliphatic carbocycles. The van der Waals surface area contributed by atoms with E-state index in [-0.39, 0.29) is 6.04 Å². The number of ether oxygens (including phenoxy) is 1. The van der Waals surface area contributed by atoms with E-state index in [0.29, 0.717) is 18.6 Å². The normalized spacial score (nSPS) is 26.1. The van der Waals surface area contributed by atoms with Gasteiger partial charge in [-0.1, -0.05) is 31.2 Å². The number of aliphatic hydroxyl groups is 1. The summed E-state index contributed by atoms with van der Waals surface area (Å²) in [6.07, 6.45) is 0.599. The van der Waals surface area contributed by atoms with E-state index in [2.05, 4.69) is 43.9 Å². The third-order valence-corrected chi connectivity index (χ3v) is 4.45. The van der Waals surface area contributed by atoms with E-state index in [1.807, 2.05) is 6.07 Å². The zero-order chi connectivity index (χ0) is 14.7. The van der Waals surface area contributed by atoms with E-state index in [4.69, 9.17) is 4.74 Å². The lowest BCUT2D eigenvalue weighted by molar-refractivity contribution is 0.00231. The second-order valence-electron chi connectivity index (χ2n) is 6.10. The fraction of sp³-hybridized carbons (Fsp3) is 0.647. The Morgan fingerprint density at radius 3 is 2.55 bits per heavy atom. The number of fused-ring (bicyclic) bond motifs is 1. The van der Waals surface area contributed by atoms with Gasteiger partial charge in [0.25, 0.3) is 0 Å². The minimum atomic E-state index is -0.401. The molecule has 1 aromatic rings. The van der Waals surface area contributed by atoms with Crippen LogP contribution in [0.4, 0.5) is 0 Å². The SMILES string of the molecule is COCCN(C(C)C)C1CC(C)c2ccccc2C1O. The summed E-state index contributed by atoms with van der Waals surface area (Å²) in [5.74, 6) is 0.489. The molecule has 0 amide bonds. The third-order valence-electron chi connectivity index (χ3n) is 4.45. The molecule has 0 aliphatic heterocycles. The maximum Gasteiger partial charge on any atom is 0.0948 e. The molecule has 0 radical (unpaired) electrons. The van der Waals surface area contributed by atoms with Crippen LogP contribution in [0, 0.1) is 0 Å². The quantitative estimate of drug-likeness (QED) is 0.898. The predicted molar refractivity (Wildman–Crippen MR) is 81.9 cm³/mol. The average molecular weight is 277 g/mol. The standard InChI is InChI=1S/C17H27NO2/c1-12(2)18(9-10-20-4)16-11-13(3)14-7-5-6-8-15(14)17(16)19/h5-8,12-13,16-17,19H,9-11H2,1-4H3. The van der Waals surface area contributed by atoms with Crippen molar-refractivity contribution < 1.29 is 9.84 Å². The summed E-state index contributed by atoms with van der Waals surface area (Å²) >= 11 is 0. The fourth-order valence-corrected chi connectivity index (χ4v) is 3.37. The van der Waals surface area contributed by atoms with Gasteiger partial charge in [0.05, 0.1) is 12.7 Å². The van der Waals surface area contributed by atoms with Gasteiger partial charge < -0.3 is 9.84 Å². The summed E-state index contributed by atoms with van der Waals surface area (Å²) in [4.78, 5) is 2.38. The van der Waals surface area contributed by atoms with E-state index in [0.717, 1.165) is 18.5 Å². The Labute approximate surface area is 122 Å². The lowest BCUT2D eigenvalue weighted by Crippen LogP contribution is -2.47. The summed E-state index contributed by atoms with van der Waals surface area (Å²) < 4.78 is 5.22. The van der Waals surface area contributed by atoms with Crippen molar-refractivity contribution in [3.8, 4) is 0 Å². The molecule has 3 unspecified atom stereocenters. The predicted octanol–water partition coefficient (Wildman–Crippen LogP) is 2.95. The molecular weight excluding hydrogens is 250 g/mol. The first-order valence-electron chi connectivity index (χ1n) is 7.57. The molecule has 3 atom stereocenters. The molecule has 0 heterocycles. The largest absolute Gasteiger partial charge is 0.387 e. The molecule has 1 aromatic carbocycles. The molecule has 0 bridgehead atoms. The molecule has 0 saturated carbocycles. The van der Waals surface area contributed by atoms with Gasteiger partial charge in [0, 0.05) is 25.7 Å². The maximum atomic E-state index is 10.8. The van der Waals surface area contributed by atoms with Crippen molar-refractivity contribution in [1.29, 1.82) is 0 Å². The zero-order valence-electron chi connectivity index (χ0n) is 13.0. The number of methoxy groups -OCH3 is 1. The van der Waals surface area contributed by atoms with Gasteiger partial charge in [-0.2, -0.15) is 0 Å². The Balaban J connectivity index is 2.25. The highest BCUT2D eigenvalue weighted by Gasteiger charge is 2.36. The van der Waals surface area contributed by atoms with Crippen LogP contribution in [0.3, 0.4) is 0 Å². The smallest absolute Gasteiger partial charge is 0.0948 e. The Morgan fingerprint density at radius 1 is 1.30 bits per heavy atom. The van der Waals surface area contributed by atoms with E-state index in [1.54, 1.807) is 7.11 Å². The van der Waals surface area contributed by atoms with E-state index < -0.39 is 6.10 Å². The molecule has 0 spiro atoms. The summed E-state index contributed by atoms with van der Waals surface area (Å²) in [5.41, 5.74) is 2.39. The Hall–Kier alpha value is -0.900. The Morgan fingerprint density at radius 2 is 1.95 bits per heavy atom. The second-order valence-corrected chi connectivity index (χ2v) is 6.10. The van der Waals surface area contributed by atoms with Gasteiger partial charge in [-0.3, -0.25) is 4.90 Å².